The molecule has 0 aromatic rings. The van der Waals surface area contributed by atoms with Gasteiger partial charge in [0.05, 0.1) is 0 Å². The number of hydrogen-bond donors (Lipinski definition) is 0. The summed E-state index contributed by atoms with van der Waals surface area (Å²) in [5.74, 6) is 8.47. The zero-order valence-electron chi connectivity index (χ0n) is 104. The number of ether oxygens (including phenoxy) is 10. The molecule has 832 valence electrons. The Balaban J connectivity index is -0.0000000562. The molecule has 0 aromatic carbocycles. The van der Waals surface area contributed by atoms with E-state index in [0.29, 0.717) is 5.92 Å². The third-order valence-electron chi connectivity index (χ3n) is 21.0. The monoisotopic (exact) mass is 1910 g/mol. The van der Waals surface area contributed by atoms with Gasteiger partial charge in [-0.25, -0.2) is 0 Å². The van der Waals surface area contributed by atoms with Crippen LogP contribution in [0.3, 0.4) is 0 Å². The van der Waals surface area contributed by atoms with Crippen LogP contribution < -0.4 is 0 Å². The standard InChI is InChI=1S/C11H24O.C11H24.C9H20O.2C9H20.C8H18O.C7H16O.C7H16.2C6H14O.C6H14.C5H12O.2C5H12.C4H10O.C4H10.C3H8O.C3H8.C2H6O.C2H6/c1-10(2)7-5-6-8-11(3)9-12-4;1-5-11(4)9-7-6-8-10(2)3;1-4-6-7-9(5-2)8-10-3;1-4-7-8-9(5-2)6-3;1-3-5-7-9-8-6-4-2;1-3-4-5-6-7-8-9-2;1-3-4-5-6-7-8-2;1-3-5-7-6-4-2;1-4-6(2)5-7-3;1-3-4-5-6-7-2;1-4-6(3)5-2;1-5(2)4-6-3;1-4-5(2)3;1-3-5-4-2;1-3-4-5-2;2*1-3-4-2;2*1-3-2;1-2/h10-11H,5-9H2,1-4H3;10-11H,5-9H2,1-4H3;9H,4-8H2,1-3H3;9H,4-8H2,1-3H3;3-9H2,1-2H3;3-8H2,1-2H3;3-7H2,1-2H3;3-7H2,1-2H3;6H,4-5H2,1-3H3;3-6H2,1-2H3;6H,4-5H2,1-3H3;5H,4H2,1-3H3;5H,4H2,1-3H3;3-5H2,1-2H3;3-4H2,1-2H3;3-4H2,1-2H3;3H2,1-2H3;3H2,1-2H3;1-2H3;1-2H3. The average molecular weight is 1910 g/mol. The van der Waals surface area contributed by atoms with Gasteiger partial charge in [-0.15, -0.1) is 0 Å². The number of unbranched alkanes of at least 4 members (excludes halogenated alkanes) is 26. The number of methoxy groups -OCH3 is 10. The number of rotatable bonds is 63. The van der Waals surface area contributed by atoms with Crippen molar-refractivity contribution in [1.29, 1.82) is 0 Å². The largest absolute Gasteiger partial charge is 0.388 e. The molecule has 0 rings (SSSR count). The Kier molecular flexibility index (Phi) is 290. The zero-order valence-corrected chi connectivity index (χ0v) is 104. The first kappa shape index (κ1) is 180. The lowest BCUT2D eigenvalue weighted by atomic mass is 9.97. The van der Waals surface area contributed by atoms with Crippen molar-refractivity contribution in [3.8, 4) is 0 Å². The van der Waals surface area contributed by atoms with Gasteiger partial charge in [-0.05, 0) is 105 Å². The topological polar surface area (TPSA) is 92.3 Å². The summed E-state index contributed by atoms with van der Waals surface area (Å²) in [6.07, 6.45) is 71.6. The fourth-order valence-electron chi connectivity index (χ4n) is 10.3. The third-order valence-corrected chi connectivity index (χ3v) is 21.0. The van der Waals surface area contributed by atoms with Crippen molar-refractivity contribution in [2.75, 3.05) is 138 Å². The van der Waals surface area contributed by atoms with Crippen LogP contribution in [0.4, 0.5) is 0 Å². The van der Waals surface area contributed by atoms with Gasteiger partial charge >= 0.3 is 0 Å². The van der Waals surface area contributed by atoms with E-state index in [0.717, 1.165) is 119 Å². The summed E-state index contributed by atoms with van der Waals surface area (Å²) in [6.45, 7) is 94.3. The molecular weight excluding hydrogens is 1630 g/mol. The van der Waals surface area contributed by atoms with Gasteiger partial charge in [-0.3, -0.25) is 0 Å². The first-order valence-corrected chi connectivity index (χ1v) is 58.0. The molecule has 0 saturated heterocycles. The quantitative estimate of drug-likeness (QED) is 0.0548. The zero-order chi connectivity index (χ0) is 107. The molecule has 4 atom stereocenters. The van der Waals surface area contributed by atoms with Crippen LogP contribution in [0.2, 0.25) is 0 Å². The summed E-state index contributed by atoms with van der Waals surface area (Å²) in [6, 6.07) is 0. The average Bonchev–Trinajstić information content (AvgIpc) is 1.05. The first-order chi connectivity index (χ1) is 63.2. The summed E-state index contributed by atoms with van der Waals surface area (Å²) in [7, 11) is 18.9. The lowest BCUT2D eigenvalue weighted by Gasteiger charge is -2.11. The third kappa shape index (κ3) is 330. The molecule has 0 bridgehead atoms. The SMILES string of the molecule is CC.CCC.CCC(C)C.CCC(C)CC.CCC(C)CCCCC(C)C.CCC(C)COC.CCCC.CCCCC.CCCCC(CC)CC.CCCCC(CC)COC.CCCCCCC.CCCCCCCCC.CCCCCCCOC.CCCCCCOC.CCCCCOC.CCCOC.CCOC.COC.COCC(C)C.COCC(C)CCCCC(C)C. The second-order valence-corrected chi connectivity index (χ2v) is 37.7. The highest BCUT2D eigenvalue weighted by atomic mass is 16.5. The van der Waals surface area contributed by atoms with Crippen molar-refractivity contribution in [3.05, 3.63) is 0 Å². The number of hydrogen-bond acceptors (Lipinski definition) is 10. The van der Waals surface area contributed by atoms with Gasteiger partial charge in [-0.2, -0.15) is 0 Å². The Morgan fingerprint density at radius 2 is 0.394 bits per heavy atom. The molecule has 0 aliphatic carbocycles. The predicted octanol–water partition coefficient (Wildman–Crippen LogP) is 43.4. The molecular formula is C122H284O10. The molecule has 0 radical (unpaired) electrons. The summed E-state index contributed by atoms with van der Waals surface area (Å²) in [5.41, 5.74) is 0. The van der Waals surface area contributed by atoms with Gasteiger partial charge in [-0.1, -0.05) is 565 Å². The highest BCUT2D eigenvalue weighted by molar-refractivity contribution is 4.57. The highest BCUT2D eigenvalue weighted by Gasteiger charge is 2.05. The molecule has 4 unspecified atom stereocenters. The normalized spacial score (nSPS) is 10.5. The van der Waals surface area contributed by atoms with Crippen LogP contribution in [-0.2, 0) is 47.4 Å². The van der Waals surface area contributed by atoms with Crippen molar-refractivity contribution in [2.45, 2.75) is 610 Å². The van der Waals surface area contributed by atoms with Crippen LogP contribution in [0.5, 0.6) is 0 Å². The van der Waals surface area contributed by atoms with Crippen LogP contribution in [-0.4, -0.2) is 138 Å². The Morgan fingerprint density at radius 3 is 0.583 bits per heavy atom. The van der Waals surface area contributed by atoms with Gasteiger partial charge in [0.1, 0.15) is 0 Å². The minimum Gasteiger partial charge on any atom is -0.388 e. The van der Waals surface area contributed by atoms with Gasteiger partial charge < -0.3 is 47.4 Å². The fraction of sp³-hybridized carbons (Fsp3) is 1.00. The molecule has 0 saturated carbocycles. The van der Waals surface area contributed by atoms with E-state index in [2.05, 4.69) is 259 Å². The van der Waals surface area contributed by atoms with E-state index in [-0.39, 0.29) is 0 Å². The van der Waals surface area contributed by atoms with Gasteiger partial charge in [0.25, 0.3) is 0 Å². The van der Waals surface area contributed by atoms with Crippen LogP contribution >= 0.6 is 0 Å². The van der Waals surface area contributed by atoms with Crippen LogP contribution in [0.15, 0.2) is 0 Å². The Morgan fingerprint density at radius 1 is 0.159 bits per heavy atom. The van der Waals surface area contributed by atoms with E-state index in [1.807, 2.05) is 20.8 Å². The summed E-state index contributed by atoms with van der Waals surface area (Å²) >= 11 is 0. The van der Waals surface area contributed by atoms with Gasteiger partial charge in [0.2, 0.25) is 0 Å². The van der Waals surface area contributed by atoms with Gasteiger partial charge in [0.15, 0.2) is 0 Å². The molecule has 132 heavy (non-hydrogen) atoms. The van der Waals surface area contributed by atoms with Crippen LogP contribution in [0.25, 0.3) is 0 Å². The maximum atomic E-state index is 5.09. The molecule has 0 N–H and O–H groups in total. The van der Waals surface area contributed by atoms with Crippen molar-refractivity contribution < 1.29 is 47.4 Å². The van der Waals surface area contributed by atoms with Crippen molar-refractivity contribution >= 4 is 0 Å². The van der Waals surface area contributed by atoms with E-state index in [4.69, 9.17) is 37.9 Å². The molecule has 0 amide bonds. The maximum Gasteiger partial charge on any atom is 0.0490 e. The molecule has 10 heteroatoms. The smallest absolute Gasteiger partial charge is 0.0490 e. The highest BCUT2D eigenvalue weighted by Crippen LogP contribution is 2.18. The lowest BCUT2D eigenvalue weighted by molar-refractivity contribution is 0.144. The van der Waals surface area contributed by atoms with E-state index >= 15 is 0 Å². The molecule has 0 spiro atoms. The van der Waals surface area contributed by atoms with Crippen LogP contribution in [0.1, 0.15) is 610 Å². The predicted molar refractivity (Wildman–Crippen MR) is 621 cm³/mol. The maximum absolute atomic E-state index is 5.09. The van der Waals surface area contributed by atoms with E-state index < -0.39 is 0 Å². The molecule has 0 aliphatic heterocycles. The lowest BCUT2D eigenvalue weighted by Crippen LogP contribution is -2.06. The Labute approximate surface area is 849 Å². The summed E-state index contributed by atoms with van der Waals surface area (Å²) < 4.78 is 48.0. The molecule has 0 aromatic heterocycles. The van der Waals surface area contributed by atoms with Gasteiger partial charge in [0, 0.05) is 138 Å². The summed E-state index contributed by atoms with van der Waals surface area (Å²) in [5, 5.41) is 0. The molecule has 10 nitrogen and oxygen atoms in total. The van der Waals surface area contributed by atoms with E-state index in [1.165, 1.54) is 334 Å². The van der Waals surface area contributed by atoms with Crippen molar-refractivity contribution in [1.82, 2.24) is 0 Å². The Bertz CT molecular complexity index is 1330. The second kappa shape index (κ2) is 213. The minimum atomic E-state index is 0.676. The van der Waals surface area contributed by atoms with Crippen LogP contribution in [0, 0.1) is 59.2 Å². The minimum absolute atomic E-state index is 0.676. The van der Waals surface area contributed by atoms with Crippen molar-refractivity contribution in [3.63, 3.8) is 0 Å². The second-order valence-electron chi connectivity index (χ2n) is 37.7. The fourth-order valence-corrected chi connectivity index (χ4v) is 10.3. The Hall–Kier alpha value is -0.400. The molecule has 0 aliphatic rings. The molecule has 0 heterocycles. The summed E-state index contributed by atoms with van der Waals surface area (Å²) in [4.78, 5) is 0. The molecule has 0 fully saturated rings. The van der Waals surface area contributed by atoms with E-state index in [9.17, 15) is 0 Å². The van der Waals surface area contributed by atoms with Crippen molar-refractivity contribution in [2.24, 2.45) is 59.2 Å². The van der Waals surface area contributed by atoms with E-state index in [1.54, 1.807) is 78.2 Å². The first-order valence-electron chi connectivity index (χ1n) is 58.0.